The van der Waals surface area contributed by atoms with Gasteiger partial charge in [-0.2, -0.15) is 0 Å². The Bertz CT molecular complexity index is 400. The minimum absolute atomic E-state index is 0.484. The van der Waals surface area contributed by atoms with Crippen LogP contribution in [-0.2, 0) is 13.1 Å². The van der Waals surface area contributed by atoms with Crippen molar-refractivity contribution >= 4 is 0 Å². The minimum atomic E-state index is 0.484. The fourth-order valence-corrected chi connectivity index (χ4v) is 2.94. The van der Waals surface area contributed by atoms with Gasteiger partial charge in [-0.15, -0.1) is 0 Å². The van der Waals surface area contributed by atoms with Crippen LogP contribution >= 0.6 is 0 Å². The van der Waals surface area contributed by atoms with Gasteiger partial charge in [0.15, 0.2) is 0 Å². The van der Waals surface area contributed by atoms with Crippen molar-refractivity contribution in [3.8, 4) is 0 Å². The van der Waals surface area contributed by atoms with Crippen LogP contribution in [0.3, 0.4) is 0 Å². The van der Waals surface area contributed by atoms with Crippen LogP contribution in [-0.4, -0.2) is 43.0 Å². The summed E-state index contributed by atoms with van der Waals surface area (Å²) in [6.45, 7) is 8.11. The first-order chi connectivity index (χ1) is 8.51. The lowest BCUT2D eigenvalue weighted by Gasteiger charge is -2.22. The van der Waals surface area contributed by atoms with Gasteiger partial charge in [0.1, 0.15) is 11.5 Å². The van der Waals surface area contributed by atoms with Crippen LogP contribution in [0.4, 0.5) is 0 Å². The zero-order valence-electron chi connectivity index (χ0n) is 11.9. The van der Waals surface area contributed by atoms with Crippen molar-refractivity contribution in [2.75, 3.05) is 27.2 Å². The summed E-state index contributed by atoms with van der Waals surface area (Å²) in [5.74, 6) is 2.62. The van der Waals surface area contributed by atoms with Crippen LogP contribution < -0.4 is 5.73 Å². The van der Waals surface area contributed by atoms with Crippen LogP contribution in [0.1, 0.15) is 24.0 Å². The van der Waals surface area contributed by atoms with Crippen molar-refractivity contribution in [3.63, 3.8) is 0 Å². The van der Waals surface area contributed by atoms with Crippen molar-refractivity contribution in [1.29, 1.82) is 0 Å². The highest BCUT2D eigenvalue weighted by molar-refractivity contribution is 5.21. The first-order valence-corrected chi connectivity index (χ1v) is 6.68. The molecule has 1 saturated heterocycles. The van der Waals surface area contributed by atoms with E-state index in [4.69, 9.17) is 10.2 Å². The lowest BCUT2D eigenvalue weighted by Crippen LogP contribution is -2.34. The Balaban J connectivity index is 2.00. The molecule has 2 heterocycles. The number of rotatable bonds is 4. The predicted molar refractivity (Wildman–Crippen MR) is 73.3 cm³/mol. The molecule has 4 nitrogen and oxygen atoms in total. The molecule has 0 bridgehead atoms. The van der Waals surface area contributed by atoms with Crippen LogP contribution in [0.15, 0.2) is 10.5 Å². The van der Waals surface area contributed by atoms with E-state index in [9.17, 15) is 0 Å². The van der Waals surface area contributed by atoms with E-state index in [0.29, 0.717) is 12.6 Å². The molecule has 1 aromatic heterocycles. The molecular formula is C14H25N3O. The predicted octanol–water partition coefficient (Wildman–Crippen LogP) is 1.43. The molecule has 4 heteroatoms. The summed E-state index contributed by atoms with van der Waals surface area (Å²) in [6.07, 6.45) is 0. The van der Waals surface area contributed by atoms with E-state index in [-0.39, 0.29) is 0 Å². The molecule has 1 aliphatic rings. The third kappa shape index (κ3) is 2.76. The van der Waals surface area contributed by atoms with Gasteiger partial charge in [0.2, 0.25) is 0 Å². The smallest absolute Gasteiger partial charge is 0.118 e. The Morgan fingerprint density at radius 1 is 1.44 bits per heavy atom. The van der Waals surface area contributed by atoms with Crippen molar-refractivity contribution in [3.05, 3.63) is 23.2 Å². The Kier molecular flexibility index (Phi) is 4.10. The van der Waals surface area contributed by atoms with Crippen molar-refractivity contribution in [2.45, 2.75) is 33.0 Å². The molecule has 102 valence electrons. The van der Waals surface area contributed by atoms with Crippen LogP contribution in [0, 0.1) is 12.8 Å². The Morgan fingerprint density at radius 3 is 2.67 bits per heavy atom. The second-order valence-corrected chi connectivity index (χ2v) is 5.70. The number of nitrogens with zero attached hydrogens (tertiary/aromatic N) is 2. The normalized spacial score (nSPS) is 25.2. The summed E-state index contributed by atoms with van der Waals surface area (Å²) < 4.78 is 5.61. The maximum atomic E-state index is 5.61. The monoisotopic (exact) mass is 251 g/mol. The average molecular weight is 251 g/mol. The summed E-state index contributed by atoms with van der Waals surface area (Å²) in [4.78, 5) is 4.84. The first kappa shape index (κ1) is 13.6. The van der Waals surface area contributed by atoms with Crippen molar-refractivity contribution in [1.82, 2.24) is 9.80 Å². The van der Waals surface area contributed by atoms with Crippen LogP contribution in [0.25, 0.3) is 0 Å². The number of hydrogen-bond donors (Lipinski definition) is 1. The molecule has 1 aliphatic heterocycles. The summed E-state index contributed by atoms with van der Waals surface area (Å²) in [6, 6.07) is 2.76. The molecule has 2 atom stereocenters. The van der Waals surface area contributed by atoms with E-state index in [0.717, 1.165) is 37.1 Å². The fraction of sp³-hybridized carbons (Fsp3) is 0.714. The third-order valence-electron chi connectivity index (χ3n) is 3.98. The quantitative estimate of drug-likeness (QED) is 0.879. The van der Waals surface area contributed by atoms with E-state index in [1.165, 1.54) is 5.56 Å². The zero-order chi connectivity index (χ0) is 13.3. The molecule has 0 aromatic carbocycles. The average Bonchev–Trinajstić information content (AvgIpc) is 2.83. The maximum absolute atomic E-state index is 5.61. The van der Waals surface area contributed by atoms with E-state index < -0.39 is 0 Å². The van der Waals surface area contributed by atoms with Crippen molar-refractivity contribution in [2.24, 2.45) is 11.7 Å². The Hall–Kier alpha value is -0.840. The highest BCUT2D eigenvalue weighted by atomic mass is 16.3. The molecule has 0 amide bonds. The molecule has 0 radical (unpaired) electrons. The number of hydrogen-bond acceptors (Lipinski definition) is 4. The SMILES string of the molecule is Cc1oc(CN)cc1CN1CC(C)C(N(C)C)C1. The van der Waals surface area contributed by atoms with E-state index in [1.807, 2.05) is 6.92 Å². The molecule has 2 unspecified atom stereocenters. The summed E-state index contributed by atoms with van der Waals surface area (Å²) in [5, 5.41) is 0. The molecule has 1 aromatic rings. The standard InChI is InChI=1S/C14H25N3O/c1-10-7-17(9-14(10)16(3)4)8-12-5-13(6-15)18-11(12)2/h5,10,14H,6-9,15H2,1-4H3. The second kappa shape index (κ2) is 5.43. The van der Waals surface area contributed by atoms with E-state index in [1.54, 1.807) is 0 Å². The fourth-order valence-electron chi connectivity index (χ4n) is 2.94. The molecule has 1 fully saturated rings. The van der Waals surface area contributed by atoms with Crippen LogP contribution in [0.5, 0.6) is 0 Å². The minimum Gasteiger partial charge on any atom is -0.465 e. The number of furan rings is 1. The lowest BCUT2D eigenvalue weighted by molar-refractivity contribution is 0.250. The van der Waals surface area contributed by atoms with Gasteiger partial charge in [-0.25, -0.2) is 0 Å². The molecule has 18 heavy (non-hydrogen) atoms. The van der Waals surface area contributed by atoms with Gasteiger partial charge in [-0.1, -0.05) is 6.92 Å². The van der Waals surface area contributed by atoms with Gasteiger partial charge in [-0.05, 0) is 33.0 Å². The maximum Gasteiger partial charge on any atom is 0.118 e. The highest BCUT2D eigenvalue weighted by Gasteiger charge is 2.31. The number of likely N-dealkylation sites (tertiary alicyclic amines) is 1. The van der Waals surface area contributed by atoms with Gasteiger partial charge in [0.25, 0.3) is 0 Å². The van der Waals surface area contributed by atoms with E-state index >= 15 is 0 Å². The molecular weight excluding hydrogens is 226 g/mol. The lowest BCUT2D eigenvalue weighted by atomic mass is 10.1. The van der Waals surface area contributed by atoms with Gasteiger partial charge < -0.3 is 15.1 Å². The molecule has 0 saturated carbocycles. The Morgan fingerprint density at radius 2 is 2.17 bits per heavy atom. The summed E-state index contributed by atoms with van der Waals surface area (Å²) in [5.41, 5.74) is 6.89. The second-order valence-electron chi connectivity index (χ2n) is 5.70. The van der Waals surface area contributed by atoms with Gasteiger partial charge in [-0.3, -0.25) is 4.90 Å². The van der Waals surface area contributed by atoms with Gasteiger partial charge in [0, 0.05) is 31.2 Å². The third-order valence-corrected chi connectivity index (χ3v) is 3.98. The largest absolute Gasteiger partial charge is 0.465 e. The Labute approximate surface area is 110 Å². The number of nitrogens with two attached hydrogens (primary N) is 1. The highest BCUT2D eigenvalue weighted by Crippen LogP contribution is 2.24. The summed E-state index contributed by atoms with van der Waals surface area (Å²) >= 11 is 0. The molecule has 2 N–H and O–H groups in total. The molecule has 0 aliphatic carbocycles. The summed E-state index contributed by atoms with van der Waals surface area (Å²) in [7, 11) is 4.33. The number of aryl methyl sites for hydroxylation is 1. The zero-order valence-corrected chi connectivity index (χ0v) is 11.9. The molecule has 2 rings (SSSR count). The van der Waals surface area contributed by atoms with Gasteiger partial charge in [0.05, 0.1) is 6.54 Å². The van der Waals surface area contributed by atoms with E-state index in [2.05, 4.69) is 36.9 Å². The van der Waals surface area contributed by atoms with Crippen molar-refractivity contribution < 1.29 is 4.42 Å². The first-order valence-electron chi connectivity index (χ1n) is 6.68. The van der Waals surface area contributed by atoms with Crippen LogP contribution in [0.2, 0.25) is 0 Å². The number of likely N-dealkylation sites (N-methyl/N-ethyl adjacent to an activating group) is 1. The molecule has 0 spiro atoms. The van der Waals surface area contributed by atoms with Gasteiger partial charge >= 0.3 is 0 Å². The topological polar surface area (TPSA) is 45.6 Å².